The number of benzene rings is 1. The molecule has 2 rings (SSSR count). The van der Waals surface area contributed by atoms with Crippen molar-refractivity contribution in [2.45, 2.75) is 31.3 Å². The molecular formula is C16H20N2O4S. The highest BCUT2D eigenvalue weighted by molar-refractivity contribution is 7.99. The molecule has 0 spiro atoms. The Kier molecular flexibility index (Phi) is 4.99. The predicted molar refractivity (Wildman–Crippen MR) is 88.0 cm³/mol. The summed E-state index contributed by atoms with van der Waals surface area (Å²) in [5, 5.41) is 0. The zero-order valence-corrected chi connectivity index (χ0v) is 14.2. The van der Waals surface area contributed by atoms with Crippen molar-refractivity contribution in [1.82, 2.24) is 0 Å². The number of nitrogens with zero attached hydrogens (tertiary/aromatic N) is 1. The number of carbonyl (C=O) groups excluding carboxylic acids is 3. The molecule has 0 radical (unpaired) electrons. The molecule has 0 aromatic heterocycles. The van der Waals surface area contributed by atoms with E-state index in [2.05, 4.69) is 0 Å². The monoisotopic (exact) mass is 336 g/mol. The second-order valence-corrected chi connectivity index (χ2v) is 7.32. The number of esters is 1. The van der Waals surface area contributed by atoms with E-state index in [0.717, 1.165) is 4.90 Å². The molecule has 0 fully saturated rings. The average molecular weight is 336 g/mol. The summed E-state index contributed by atoms with van der Waals surface area (Å²) in [7, 11) is 0. The van der Waals surface area contributed by atoms with Crippen molar-refractivity contribution < 1.29 is 19.1 Å². The number of amides is 2. The number of ether oxygens (including phenoxy) is 1. The van der Waals surface area contributed by atoms with Crippen LogP contribution in [0.4, 0.5) is 5.69 Å². The molecule has 0 saturated carbocycles. The third kappa shape index (κ3) is 4.25. The minimum absolute atomic E-state index is 0.264. The minimum atomic E-state index is -0.967. The Balaban J connectivity index is 2.35. The van der Waals surface area contributed by atoms with Gasteiger partial charge in [-0.3, -0.25) is 14.4 Å². The van der Waals surface area contributed by atoms with Gasteiger partial charge < -0.3 is 15.4 Å². The summed E-state index contributed by atoms with van der Waals surface area (Å²) in [6, 6.07) is 7.19. The van der Waals surface area contributed by atoms with Crippen LogP contribution in [-0.2, 0) is 19.1 Å². The summed E-state index contributed by atoms with van der Waals surface area (Å²) in [4.78, 5) is 38.6. The van der Waals surface area contributed by atoms with Crippen LogP contribution in [0.5, 0.6) is 0 Å². The summed E-state index contributed by atoms with van der Waals surface area (Å²) in [5.74, 6) is -2.39. The zero-order chi connectivity index (χ0) is 17.2. The molecule has 6 nitrogen and oxygen atoms in total. The van der Waals surface area contributed by atoms with E-state index in [1.807, 2.05) is 12.1 Å². The number of hydrogen-bond donors (Lipinski definition) is 1. The van der Waals surface area contributed by atoms with Gasteiger partial charge in [-0.1, -0.05) is 12.1 Å². The van der Waals surface area contributed by atoms with Gasteiger partial charge in [0.25, 0.3) is 0 Å². The third-order valence-electron chi connectivity index (χ3n) is 3.13. The van der Waals surface area contributed by atoms with Crippen molar-refractivity contribution in [3.63, 3.8) is 0 Å². The molecule has 0 aliphatic carbocycles. The van der Waals surface area contributed by atoms with E-state index in [1.54, 1.807) is 32.9 Å². The van der Waals surface area contributed by atoms with E-state index in [1.165, 1.54) is 16.7 Å². The van der Waals surface area contributed by atoms with Gasteiger partial charge in [0, 0.05) is 10.6 Å². The van der Waals surface area contributed by atoms with Crippen molar-refractivity contribution >= 4 is 35.2 Å². The van der Waals surface area contributed by atoms with Gasteiger partial charge in [0.2, 0.25) is 11.8 Å². The number of thioether (sulfide) groups is 1. The molecule has 1 atom stereocenters. The maximum Gasteiger partial charge on any atom is 0.319 e. The Hall–Kier alpha value is -2.02. The summed E-state index contributed by atoms with van der Waals surface area (Å²) in [6.45, 7) is 4.97. The maximum absolute atomic E-state index is 12.8. The van der Waals surface area contributed by atoms with Crippen molar-refractivity contribution in [1.29, 1.82) is 0 Å². The molecule has 1 aromatic carbocycles. The van der Waals surface area contributed by atoms with E-state index < -0.39 is 29.3 Å². The Morgan fingerprint density at radius 3 is 2.61 bits per heavy atom. The van der Waals surface area contributed by atoms with Gasteiger partial charge in [-0.05, 0) is 32.9 Å². The van der Waals surface area contributed by atoms with Gasteiger partial charge in [-0.15, -0.1) is 11.8 Å². The molecule has 1 heterocycles. The van der Waals surface area contributed by atoms with Crippen LogP contribution in [0, 0.1) is 5.92 Å². The Labute approximate surface area is 139 Å². The first kappa shape index (κ1) is 17.3. The first-order valence-corrected chi connectivity index (χ1v) is 8.22. The van der Waals surface area contributed by atoms with Gasteiger partial charge in [-0.25, -0.2) is 0 Å². The molecule has 0 bridgehead atoms. The number of para-hydroxylation sites is 1. The van der Waals surface area contributed by atoms with Gasteiger partial charge >= 0.3 is 5.97 Å². The van der Waals surface area contributed by atoms with Crippen molar-refractivity contribution in [3.8, 4) is 0 Å². The number of rotatable bonds is 3. The van der Waals surface area contributed by atoms with Gasteiger partial charge in [0.1, 0.15) is 18.1 Å². The predicted octanol–water partition coefficient (Wildman–Crippen LogP) is 1.57. The quantitative estimate of drug-likeness (QED) is 0.668. The van der Waals surface area contributed by atoms with Crippen molar-refractivity contribution in [2.24, 2.45) is 11.7 Å². The molecule has 1 aromatic rings. The van der Waals surface area contributed by atoms with Crippen molar-refractivity contribution in [2.75, 3.05) is 17.2 Å². The number of primary amides is 1. The van der Waals surface area contributed by atoms with Crippen LogP contribution in [0.1, 0.15) is 20.8 Å². The highest BCUT2D eigenvalue weighted by atomic mass is 32.2. The van der Waals surface area contributed by atoms with Gasteiger partial charge in [-0.2, -0.15) is 0 Å². The fourth-order valence-corrected chi connectivity index (χ4v) is 3.34. The van der Waals surface area contributed by atoms with Gasteiger partial charge in [0.15, 0.2) is 0 Å². The molecule has 2 N–H and O–H groups in total. The molecule has 1 aliphatic heterocycles. The smallest absolute Gasteiger partial charge is 0.319 e. The fourth-order valence-electron chi connectivity index (χ4n) is 2.21. The summed E-state index contributed by atoms with van der Waals surface area (Å²) < 4.78 is 5.34. The lowest BCUT2D eigenvalue weighted by Crippen LogP contribution is -2.45. The standard InChI is InChI=1S/C16H20N2O4S/c1-16(2,3)22-15(21)10-9-23-12-7-5-4-6-11(12)18(14(10)20)8-13(17)19/h4-7,10H,8-9H2,1-3H3,(H2,17,19)/t10-/m1/s1. The summed E-state index contributed by atoms with van der Waals surface area (Å²) in [6.07, 6.45) is 0. The fraction of sp³-hybridized carbons (Fsp3) is 0.438. The number of carbonyl (C=O) groups is 3. The van der Waals surface area contributed by atoms with E-state index in [0.29, 0.717) is 5.69 Å². The van der Waals surface area contributed by atoms with Crippen LogP contribution in [0.15, 0.2) is 29.2 Å². The van der Waals surface area contributed by atoms with Crippen LogP contribution < -0.4 is 10.6 Å². The molecule has 7 heteroatoms. The van der Waals surface area contributed by atoms with Crippen LogP contribution in [0.25, 0.3) is 0 Å². The van der Waals surface area contributed by atoms with E-state index in [4.69, 9.17) is 10.5 Å². The number of anilines is 1. The third-order valence-corrected chi connectivity index (χ3v) is 4.29. The molecule has 0 saturated heterocycles. The lowest BCUT2D eigenvalue weighted by atomic mass is 10.1. The Bertz CT molecular complexity index is 639. The van der Waals surface area contributed by atoms with E-state index >= 15 is 0 Å². The lowest BCUT2D eigenvalue weighted by molar-refractivity contribution is -0.161. The lowest BCUT2D eigenvalue weighted by Gasteiger charge is -2.26. The number of fused-ring (bicyclic) bond motifs is 1. The van der Waals surface area contributed by atoms with Crippen molar-refractivity contribution in [3.05, 3.63) is 24.3 Å². The average Bonchev–Trinajstić information content (AvgIpc) is 2.55. The molecular weight excluding hydrogens is 316 g/mol. The maximum atomic E-state index is 12.8. The Morgan fingerprint density at radius 1 is 1.35 bits per heavy atom. The first-order chi connectivity index (χ1) is 10.7. The van der Waals surface area contributed by atoms with E-state index in [-0.39, 0.29) is 12.3 Å². The zero-order valence-electron chi connectivity index (χ0n) is 13.4. The van der Waals surface area contributed by atoms with Crippen LogP contribution in [0.3, 0.4) is 0 Å². The highest BCUT2D eigenvalue weighted by Crippen LogP contribution is 2.36. The topological polar surface area (TPSA) is 89.7 Å². The second-order valence-electron chi connectivity index (χ2n) is 6.26. The number of nitrogens with two attached hydrogens (primary N) is 1. The molecule has 0 unspecified atom stereocenters. The molecule has 124 valence electrons. The van der Waals surface area contributed by atoms with Crippen LogP contribution in [0.2, 0.25) is 0 Å². The first-order valence-electron chi connectivity index (χ1n) is 7.23. The summed E-state index contributed by atoms with van der Waals surface area (Å²) >= 11 is 1.39. The minimum Gasteiger partial charge on any atom is -0.459 e. The Morgan fingerprint density at radius 2 is 2.00 bits per heavy atom. The molecule has 2 amide bonds. The summed E-state index contributed by atoms with van der Waals surface area (Å²) in [5.41, 5.74) is 5.17. The van der Waals surface area contributed by atoms with Crippen LogP contribution in [-0.4, -0.2) is 35.7 Å². The van der Waals surface area contributed by atoms with Gasteiger partial charge in [0.05, 0.1) is 5.69 Å². The largest absolute Gasteiger partial charge is 0.459 e. The SMILES string of the molecule is CC(C)(C)OC(=O)[C@@H]1CSc2ccccc2N(CC(N)=O)C1=O. The highest BCUT2D eigenvalue weighted by Gasteiger charge is 2.38. The second kappa shape index (κ2) is 6.62. The molecule has 23 heavy (non-hydrogen) atoms. The molecule has 1 aliphatic rings. The normalized spacial score (nSPS) is 18.1. The number of hydrogen-bond acceptors (Lipinski definition) is 5. The van der Waals surface area contributed by atoms with Crippen LogP contribution >= 0.6 is 11.8 Å². The van der Waals surface area contributed by atoms with E-state index in [9.17, 15) is 14.4 Å².